The van der Waals surface area contributed by atoms with Gasteiger partial charge < -0.3 is 56.8 Å². The average molecular weight is 2000 g/mol. The van der Waals surface area contributed by atoms with E-state index in [0.717, 1.165) is 176 Å². The van der Waals surface area contributed by atoms with E-state index in [4.69, 9.17) is 56.8 Å². The van der Waals surface area contributed by atoms with Crippen molar-refractivity contribution in [2.45, 2.75) is 308 Å². The summed E-state index contributed by atoms with van der Waals surface area (Å²) in [6, 6.07) is 53.8. The standard InChI is InChI=1S/C41H42O6.C35H38O4.C26H36O6.C24H32O5/c1-27(2)15-14-22-33(26-45-39(42)30-16-8-5-9-17-30)34-24-23-28(3)36-35(34)25-29(4)37(46-40(43)31-18-10-6-11-19-31)38(36)47-41(44)32-20-12-7-13-21-32;1-22(2)13-12-18-29-28-20-19-23(3)31-30(37-25(5)26-14-8-6-9-15-26)21-24(4)33(32(28)31)38-35(29)39-34(36)27-16-10-7-11-17-27;1-15(2)9-8-10-21(14-30-18(5)27)22-12-11-16(3)24-23(22)13-17(4)25(31-19(6)28)26(24)32-20(7)29;1-13(2)8-7-9-19-18-11-10-14(3)21-20(27-16(5)25)12-15(4)23(22(18)21)29-24(19)28-17(6)26/h5-13,15-21,25,28,33-34H,14,22-24,26H2,1-4H3;6-11,13-17,21,23,28-29,35H,5,12,18-20H2,1-4H3;9,13,16,21-22H,8,10-12,14H2,1-7H3;8,12,14,18-19,24H,7,9-11H2,1-6H3/t28-,33-,34+;23-,28+,29+,35?;16-,21-,22+;14-,18+,19+,24?/m1111/s1. The average Bonchev–Trinajstić information content (AvgIpc) is 0.773. The number of aryl methyl sites for hydroxylation is 4. The van der Waals surface area contributed by atoms with Crippen molar-refractivity contribution in [3.63, 3.8) is 0 Å². The van der Waals surface area contributed by atoms with Gasteiger partial charge in [0.15, 0.2) is 23.0 Å². The second kappa shape index (κ2) is 52.6. The first-order valence-electron chi connectivity index (χ1n) is 52.1. The molecule has 15 rings (SSSR count). The van der Waals surface area contributed by atoms with Crippen LogP contribution in [-0.2, 0) is 42.9 Å². The molecule has 14 atom stereocenters. The van der Waals surface area contributed by atoms with Crippen molar-refractivity contribution >= 4 is 59.5 Å². The molecule has 0 radical (unpaired) electrons. The maximum absolute atomic E-state index is 13.5. The van der Waals surface area contributed by atoms with E-state index in [0.29, 0.717) is 63.3 Å². The number of fused-ring (bicyclic) bond motifs is 2. The highest BCUT2D eigenvalue weighted by molar-refractivity contribution is 5.94. The first kappa shape index (κ1) is 112. The van der Waals surface area contributed by atoms with Crippen LogP contribution in [-0.4, -0.2) is 79.5 Å². The molecule has 6 aliphatic rings. The molecular weight excluding hydrogens is 1850 g/mol. The number of ether oxygens (including phenoxy) is 12. The van der Waals surface area contributed by atoms with E-state index in [1.54, 1.807) is 72.8 Å². The van der Waals surface area contributed by atoms with E-state index in [1.807, 2.05) is 119 Å². The van der Waals surface area contributed by atoms with Crippen LogP contribution in [0.2, 0.25) is 0 Å². The minimum atomic E-state index is -0.647. The highest BCUT2D eigenvalue weighted by Crippen LogP contribution is 2.60. The summed E-state index contributed by atoms with van der Waals surface area (Å²) in [6.07, 6.45) is 22.3. The Morgan fingerprint density at radius 1 is 0.327 bits per heavy atom. The lowest BCUT2D eigenvalue weighted by Gasteiger charge is -2.44. The Morgan fingerprint density at radius 2 is 0.660 bits per heavy atom. The Hall–Kier alpha value is -13.7. The molecule has 9 aromatic rings. The Kier molecular flexibility index (Phi) is 40.1. The van der Waals surface area contributed by atoms with Gasteiger partial charge >= 0.3 is 53.7 Å². The number of carbonyl (C=O) groups excluding carboxylic acids is 9. The number of benzene rings is 9. The fraction of sp³-hybridized carbons (Fsp3) is 0.421. The molecule has 0 fully saturated rings. The van der Waals surface area contributed by atoms with E-state index < -0.39 is 36.5 Å². The van der Waals surface area contributed by atoms with Gasteiger partial charge in [-0.15, -0.1) is 0 Å². The Balaban J connectivity index is 0.000000177. The van der Waals surface area contributed by atoms with Gasteiger partial charge in [0, 0.05) is 97.2 Å². The SMILES string of the molecule is C=C(Oc1cc(C)c2c3c1[C@H](C)CC[C@H]3[C@H](CCC=C(C)C)C(OC(=O)c1ccccc1)O2)c1ccccc1.CC(=O)OC[C@@H](CCC=C(C)C)[C@@H]1CC[C@@H](C)c2c1cc(C)c(OC(C)=O)c2OC(C)=O.CC(=O)Oc1cc(C)c2c3c1[C@H](C)CC[C@H]3[C@H](CCC=C(C)C)C(OC(C)=O)O2.CC(C)=CCC[C@H](COC(=O)c1ccccc1)[C@@H]1CC[C@@H](C)c2c1cc(C)c(OC(=O)c1ccccc1)c2OC(=O)c1ccccc1. The molecule has 0 N–H and O–H groups in total. The summed E-state index contributed by atoms with van der Waals surface area (Å²) in [7, 11) is 0. The minimum absolute atomic E-state index is 0.0132. The fourth-order valence-electron chi connectivity index (χ4n) is 21.8. The summed E-state index contributed by atoms with van der Waals surface area (Å²) >= 11 is 0. The second-order valence-electron chi connectivity index (χ2n) is 41.3. The molecular formula is C126H148O21. The van der Waals surface area contributed by atoms with Gasteiger partial charge in [-0.25, -0.2) is 19.2 Å². The van der Waals surface area contributed by atoms with E-state index in [-0.39, 0.29) is 113 Å². The van der Waals surface area contributed by atoms with Gasteiger partial charge in [-0.05, 0) is 327 Å². The second-order valence-corrected chi connectivity index (χ2v) is 41.3. The zero-order valence-electron chi connectivity index (χ0n) is 89.6. The van der Waals surface area contributed by atoms with E-state index in [1.165, 1.54) is 68.0 Å². The van der Waals surface area contributed by atoms with Gasteiger partial charge in [0.05, 0.1) is 35.5 Å². The lowest BCUT2D eigenvalue weighted by Crippen LogP contribution is -2.41. The molecule has 0 bridgehead atoms. The Bertz CT molecular complexity index is 6310. The van der Waals surface area contributed by atoms with E-state index >= 15 is 0 Å². The van der Waals surface area contributed by atoms with Gasteiger partial charge in [0.1, 0.15) is 28.8 Å². The maximum Gasteiger partial charge on any atom is 0.343 e. The van der Waals surface area contributed by atoms with Crippen molar-refractivity contribution in [1.82, 2.24) is 0 Å². The Labute approximate surface area is 869 Å². The number of esters is 9. The van der Waals surface area contributed by atoms with Crippen LogP contribution in [0, 0.1) is 51.4 Å². The van der Waals surface area contributed by atoms with Crippen LogP contribution in [0.4, 0.5) is 0 Å². The molecule has 147 heavy (non-hydrogen) atoms. The lowest BCUT2D eigenvalue weighted by atomic mass is 9.68. The van der Waals surface area contributed by atoms with Gasteiger partial charge in [-0.3, -0.25) is 24.0 Å². The summed E-state index contributed by atoms with van der Waals surface area (Å²) < 4.78 is 71.4. The molecule has 4 aliphatic carbocycles. The van der Waals surface area contributed by atoms with Crippen molar-refractivity contribution in [3.05, 3.63) is 324 Å². The number of allylic oxidation sites excluding steroid dienone is 8. The third-order valence-corrected chi connectivity index (χ3v) is 28.7. The predicted octanol–water partition coefficient (Wildman–Crippen LogP) is 29.9. The zero-order chi connectivity index (χ0) is 106. The van der Waals surface area contributed by atoms with E-state index in [2.05, 4.69) is 126 Å². The monoisotopic (exact) mass is 2000 g/mol. The summed E-state index contributed by atoms with van der Waals surface area (Å²) in [5.41, 5.74) is 19.7. The molecule has 0 spiro atoms. The highest BCUT2D eigenvalue weighted by atomic mass is 16.7. The third kappa shape index (κ3) is 29.4. The number of hydrogen-bond donors (Lipinski definition) is 0. The maximum atomic E-state index is 13.5. The molecule has 2 heterocycles. The van der Waals surface area contributed by atoms with E-state index in [9.17, 15) is 43.2 Å². The highest BCUT2D eigenvalue weighted by Gasteiger charge is 2.49. The number of rotatable bonds is 32. The molecule has 0 aromatic heterocycles. The normalized spacial score (nSPS) is 19.6. The summed E-state index contributed by atoms with van der Waals surface area (Å²) in [5.74, 6) is 2.93. The number of carbonyl (C=O) groups is 9. The van der Waals surface area contributed by atoms with Gasteiger partial charge in [0.25, 0.3) is 0 Å². The van der Waals surface area contributed by atoms with Crippen molar-refractivity contribution in [2.75, 3.05) is 13.2 Å². The van der Waals surface area contributed by atoms with Gasteiger partial charge in [0.2, 0.25) is 12.6 Å². The molecule has 778 valence electrons. The zero-order valence-corrected chi connectivity index (χ0v) is 89.6. The summed E-state index contributed by atoms with van der Waals surface area (Å²) in [5, 5.41) is 0. The third-order valence-electron chi connectivity index (χ3n) is 28.7. The van der Waals surface area contributed by atoms with Crippen LogP contribution in [0.1, 0.15) is 382 Å². The largest absolute Gasteiger partial charge is 0.466 e. The molecule has 2 unspecified atom stereocenters. The van der Waals surface area contributed by atoms with Gasteiger partial charge in [-0.1, -0.05) is 196 Å². The van der Waals surface area contributed by atoms with Crippen LogP contribution in [0.15, 0.2) is 229 Å². The molecule has 2 aliphatic heterocycles. The van der Waals surface area contributed by atoms with Crippen LogP contribution in [0.3, 0.4) is 0 Å². The van der Waals surface area contributed by atoms with Crippen LogP contribution < -0.4 is 37.9 Å². The lowest BCUT2D eigenvalue weighted by molar-refractivity contribution is -0.174. The predicted molar refractivity (Wildman–Crippen MR) is 574 cm³/mol. The van der Waals surface area contributed by atoms with Crippen LogP contribution >= 0.6 is 0 Å². The van der Waals surface area contributed by atoms with Crippen molar-refractivity contribution < 1.29 is 100.0 Å². The molecule has 0 saturated heterocycles. The molecule has 9 aromatic carbocycles. The molecule has 0 amide bonds. The van der Waals surface area contributed by atoms with Crippen LogP contribution in [0.5, 0.6) is 46.0 Å². The number of hydrogen-bond acceptors (Lipinski definition) is 21. The summed E-state index contributed by atoms with van der Waals surface area (Å²) in [6.45, 7) is 44.9. The molecule has 0 saturated carbocycles. The smallest absolute Gasteiger partial charge is 0.343 e. The molecule has 21 heteroatoms. The first-order chi connectivity index (χ1) is 70.2. The Morgan fingerprint density at radius 3 is 1.05 bits per heavy atom. The summed E-state index contributed by atoms with van der Waals surface area (Å²) in [4.78, 5) is 112. The van der Waals surface area contributed by atoms with Crippen molar-refractivity contribution in [1.29, 1.82) is 0 Å². The topological polar surface area (TPSA) is 264 Å². The molecule has 21 nitrogen and oxygen atoms in total. The minimum Gasteiger partial charge on any atom is -0.466 e. The fourth-order valence-corrected chi connectivity index (χ4v) is 21.8. The quantitative estimate of drug-likeness (QED) is 0.0125. The van der Waals surface area contributed by atoms with Gasteiger partial charge in [-0.2, -0.15) is 0 Å². The van der Waals surface area contributed by atoms with Crippen LogP contribution in [0.25, 0.3) is 5.76 Å². The first-order valence-corrected chi connectivity index (χ1v) is 52.1. The van der Waals surface area contributed by atoms with Crippen molar-refractivity contribution in [2.24, 2.45) is 23.7 Å². The van der Waals surface area contributed by atoms with Crippen molar-refractivity contribution in [3.8, 4) is 46.0 Å².